The van der Waals surface area contributed by atoms with E-state index in [2.05, 4.69) is 10.2 Å². The fourth-order valence-corrected chi connectivity index (χ4v) is 4.37. The fourth-order valence-electron chi connectivity index (χ4n) is 4.37. The van der Waals surface area contributed by atoms with Crippen LogP contribution in [0.1, 0.15) is 47.2 Å². The smallest absolute Gasteiger partial charge is 0.251 e. The number of ether oxygens (including phenoxy) is 1. The lowest BCUT2D eigenvalue weighted by Gasteiger charge is -2.32. The second kappa shape index (κ2) is 9.40. The Bertz CT molecular complexity index is 832. The molecule has 0 atom stereocenters. The first-order valence-corrected chi connectivity index (χ1v) is 10.7. The Kier molecular flexibility index (Phi) is 6.45. The van der Waals surface area contributed by atoms with Gasteiger partial charge in [0.1, 0.15) is 17.7 Å². The topological polar surface area (TPSA) is 41.6 Å². The number of hydrogen-bond acceptors (Lipinski definition) is 3. The second-order valence-electron chi connectivity index (χ2n) is 7.99. The third-order valence-electron chi connectivity index (χ3n) is 5.99. The van der Waals surface area contributed by atoms with E-state index < -0.39 is 0 Å². The van der Waals surface area contributed by atoms with Gasteiger partial charge in [0.25, 0.3) is 5.91 Å². The molecule has 2 aromatic rings. The van der Waals surface area contributed by atoms with Gasteiger partial charge < -0.3 is 15.0 Å². The molecule has 1 saturated heterocycles. The first kappa shape index (κ1) is 19.9. The van der Waals surface area contributed by atoms with Crippen molar-refractivity contribution in [3.63, 3.8) is 0 Å². The van der Waals surface area contributed by atoms with E-state index in [1.54, 1.807) is 12.1 Å². The number of nitrogens with one attached hydrogen (secondary N) is 1. The van der Waals surface area contributed by atoms with Gasteiger partial charge in [0, 0.05) is 30.8 Å². The highest BCUT2D eigenvalue weighted by Crippen LogP contribution is 2.34. The van der Waals surface area contributed by atoms with Crippen LogP contribution in [0.3, 0.4) is 0 Å². The summed E-state index contributed by atoms with van der Waals surface area (Å²) >= 11 is 0. The van der Waals surface area contributed by atoms with Crippen molar-refractivity contribution in [1.29, 1.82) is 0 Å². The molecule has 154 valence electrons. The number of benzene rings is 2. The lowest BCUT2D eigenvalue weighted by molar-refractivity contribution is 0.0933. The molecule has 4 rings (SSSR count). The Labute approximate surface area is 172 Å². The predicted octanol–water partition coefficient (Wildman–Crippen LogP) is 3.98. The third kappa shape index (κ3) is 4.96. The number of fused-ring (bicyclic) bond motifs is 1. The first-order chi connectivity index (χ1) is 14.2. The minimum atomic E-state index is -0.0842. The lowest BCUT2D eigenvalue weighted by Crippen LogP contribution is -2.39. The Balaban J connectivity index is 1.17. The van der Waals surface area contributed by atoms with Crippen molar-refractivity contribution in [1.82, 2.24) is 10.2 Å². The van der Waals surface area contributed by atoms with E-state index in [4.69, 9.17) is 4.74 Å². The molecule has 1 aliphatic heterocycles. The van der Waals surface area contributed by atoms with Crippen LogP contribution in [0.2, 0.25) is 0 Å². The summed E-state index contributed by atoms with van der Waals surface area (Å²) in [5, 5.41) is 2.99. The minimum absolute atomic E-state index is 0.00969. The molecule has 0 radical (unpaired) electrons. The molecular weight excluding hydrogens is 367 g/mol. The number of carbonyl (C=O) groups excluding carboxylic acids is 1. The van der Waals surface area contributed by atoms with E-state index in [-0.39, 0.29) is 17.8 Å². The van der Waals surface area contributed by atoms with E-state index >= 15 is 0 Å². The highest BCUT2D eigenvalue weighted by atomic mass is 19.1. The standard InChI is InChI=1S/C24H29FN2O2/c25-22-10-11-23(21-9-4-8-20(21)22)29-19-12-16-27(17-13-19)15-5-14-26-24(28)18-6-2-1-3-7-18/h1-3,6-7,10-11,19H,4-5,8-9,12-17H2,(H,26,28). The summed E-state index contributed by atoms with van der Waals surface area (Å²) in [6, 6.07) is 12.7. The number of likely N-dealkylation sites (tertiary alicyclic amines) is 1. The molecule has 4 nitrogen and oxygen atoms in total. The Hall–Kier alpha value is -2.40. The van der Waals surface area contributed by atoms with Gasteiger partial charge in [-0.25, -0.2) is 4.39 Å². The van der Waals surface area contributed by atoms with Crippen molar-refractivity contribution in [2.75, 3.05) is 26.2 Å². The van der Waals surface area contributed by atoms with E-state index in [1.807, 2.05) is 30.3 Å². The summed E-state index contributed by atoms with van der Waals surface area (Å²) in [6.45, 7) is 3.67. The van der Waals surface area contributed by atoms with Crippen LogP contribution in [-0.4, -0.2) is 43.1 Å². The molecular formula is C24H29FN2O2. The van der Waals surface area contributed by atoms with Crippen LogP contribution in [-0.2, 0) is 12.8 Å². The Morgan fingerprint density at radius 2 is 1.83 bits per heavy atom. The maximum atomic E-state index is 13.9. The van der Waals surface area contributed by atoms with Crippen molar-refractivity contribution in [2.24, 2.45) is 0 Å². The zero-order valence-electron chi connectivity index (χ0n) is 16.8. The molecule has 0 spiro atoms. The van der Waals surface area contributed by atoms with Gasteiger partial charge in [-0.2, -0.15) is 0 Å². The summed E-state index contributed by atoms with van der Waals surface area (Å²) in [7, 11) is 0. The Morgan fingerprint density at radius 3 is 2.62 bits per heavy atom. The van der Waals surface area contributed by atoms with E-state index in [0.29, 0.717) is 12.1 Å². The van der Waals surface area contributed by atoms with Crippen LogP contribution in [0.25, 0.3) is 0 Å². The predicted molar refractivity (Wildman–Crippen MR) is 112 cm³/mol. The summed E-state index contributed by atoms with van der Waals surface area (Å²) < 4.78 is 20.2. The number of piperidine rings is 1. The van der Waals surface area contributed by atoms with Crippen LogP contribution >= 0.6 is 0 Å². The average molecular weight is 397 g/mol. The summed E-state index contributed by atoms with van der Waals surface area (Å²) in [6.07, 6.45) is 5.90. The maximum absolute atomic E-state index is 13.9. The van der Waals surface area contributed by atoms with Gasteiger partial charge >= 0.3 is 0 Å². The van der Waals surface area contributed by atoms with Gasteiger partial charge in [-0.1, -0.05) is 18.2 Å². The number of rotatable bonds is 7. The van der Waals surface area contributed by atoms with Crippen LogP contribution in [0, 0.1) is 5.82 Å². The fraction of sp³-hybridized carbons (Fsp3) is 0.458. The molecule has 0 saturated carbocycles. The van der Waals surface area contributed by atoms with Crippen LogP contribution in [0.15, 0.2) is 42.5 Å². The highest BCUT2D eigenvalue weighted by Gasteiger charge is 2.24. The highest BCUT2D eigenvalue weighted by molar-refractivity contribution is 5.94. The first-order valence-electron chi connectivity index (χ1n) is 10.7. The zero-order valence-corrected chi connectivity index (χ0v) is 16.8. The quantitative estimate of drug-likeness (QED) is 0.720. The monoisotopic (exact) mass is 396 g/mol. The van der Waals surface area contributed by atoms with Crippen molar-refractivity contribution in [2.45, 2.75) is 44.6 Å². The van der Waals surface area contributed by atoms with E-state index in [0.717, 1.165) is 75.0 Å². The molecule has 0 aromatic heterocycles. The molecule has 1 fully saturated rings. The van der Waals surface area contributed by atoms with Crippen molar-refractivity contribution in [3.05, 3.63) is 65.0 Å². The van der Waals surface area contributed by atoms with Gasteiger partial charge in [0.05, 0.1) is 0 Å². The lowest BCUT2D eigenvalue weighted by atomic mass is 10.1. The maximum Gasteiger partial charge on any atom is 0.251 e. The van der Waals surface area contributed by atoms with Gasteiger partial charge in [-0.05, 0) is 74.9 Å². The average Bonchev–Trinajstić information content (AvgIpc) is 3.26. The summed E-state index contributed by atoms with van der Waals surface area (Å²) in [4.78, 5) is 14.5. The summed E-state index contributed by atoms with van der Waals surface area (Å²) in [5.41, 5.74) is 2.65. The Morgan fingerprint density at radius 1 is 1.07 bits per heavy atom. The number of carbonyl (C=O) groups is 1. The number of nitrogens with zero attached hydrogens (tertiary/aromatic N) is 1. The van der Waals surface area contributed by atoms with Crippen molar-refractivity contribution >= 4 is 5.91 Å². The zero-order chi connectivity index (χ0) is 20.1. The molecule has 29 heavy (non-hydrogen) atoms. The molecule has 1 amide bonds. The molecule has 0 unspecified atom stereocenters. The van der Waals surface area contributed by atoms with E-state index in [9.17, 15) is 9.18 Å². The van der Waals surface area contributed by atoms with Crippen LogP contribution in [0.4, 0.5) is 4.39 Å². The van der Waals surface area contributed by atoms with Gasteiger partial charge in [0.2, 0.25) is 0 Å². The minimum Gasteiger partial charge on any atom is -0.490 e. The van der Waals surface area contributed by atoms with E-state index in [1.165, 1.54) is 0 Å². The molecule has 5 heteroatoms. The van der Waals surface area contributed by atoms with Crippen molar-refractivity contribution < 1.29 is 13.9 Å². The molecule has 1 N–H and O–H groups in total. The SMILES string of the molecule is O=C(NCCCN1CCC(Oc2ccc(F)c3c2CCC3)CC1)c1ccccc1. The second-order valence-corrected chi connectivity index (χ2v) is 7.99. The van der Waals surface area contributed by atoms with Gasteiger partial charge in [-0.15, -0.1) is 0 Å². The normalized spacial score (nSPS) is 17.1. The molecule has 2 aromatic carbocycles. The molecule has 2 aliphatic rings. The molecule has 0 bridgehead atoms. The molecule has 1 aliphatic carbocycles. The number of amides is 1. The third-order valence-corrected chi connectivity index (χ3v) is 5.99. The van der Waals surface area contributed by atoms with Crippen molar-refractivity contribution in [3.8, 4) is 5.75 Å². The largest absolute Gasteiger partial charge is 0.490 e. The van der Waals surface area contributed by atoms with Crippen LogP contribution in [0.5, 0.6) is 5.75 Å². The van der Waals surface area contributed by atoms with Gasteiger partial charge in [-0.3, -0.25) is 4.79 Å². The van der Waals surface area contributed by atoms with Gasteiger partial charge in [0.15, 0.2) is 0 Å². The molecule has 1 heterocycles. The number of halogens is 1. The number of hydrogen-bond donors (Lipinski definition) is 1. The van der Waals surface area contributed by atoms with Crippen LogP contribution < -0.4 is 10.1 Å². The summed E-state index contributed by atoms with van der Waals surface area (Å²) in [5.74, 6) is 0.796.